The van der Waals surface area contributed by atoms with Crippen molar-refractivity contribution in [2.24, 2.45) is 0 Å². The number of ether oxygens (including phenoxy) is 2. The maximum absolute atomic E-state index is 12.9. The van der Waals surface area contributed by atoms with Gasteiger partial charge in [-0.25, -0.2) is 0 Å². The van der Waals surface area contributed by atoms with E-state index in [1.807, 2.05) is 18.2 Å². The first-order chi connectivity index (χ1) is 16.3. The van der Waals surface area contributed by atoms with Gasteiger partial charge in [-0.05, 0) is 42.6 Å². The highest BCUT2D eigenvalue weighted by molar-refractivity contribution is 7.13. The molecule has 0 aromatic carbocycles. The first-order valence-electron chi connectivity index (χ1n) is 11.0. The summed E-state index contributed by atoms with van der Waals surface area (Å²) in [6, 6.07) is 5.75. The molecule has 2 aliphatic heterocycles. The van der Waals surface area contributed by atoms with Gasteiger partial charge in [-0.2, -0.15) is 4.37 Å². The number of aromatic nitrogens is 4. The summed E-state index contributed by atoms with van der Waals surface area (Å²) in [6.07, 6.45) is 8.00. The number of hydrogen-bond donors (Lipinski definition) is 3. The summed E-state index contributed by atoms with van der Waals surface area (Å²) in [7, 11) is 0. The van der Waals surface area contributed by atoms with E-state index in [9.17, 15) is 4.79 Å². The lowest BCUT2D eigenvalue weighted by Gasteiger charge is -2.16. The molecule has 1 fully saturated rings. The van der Waals surface area contributed by atoms with Crippen molar-refractivity contribution in [3.8, 4) is 17.0 Å². The second-order valence-electron chi connectivity index (χ2n) is 8.06. The molecule has 0 aliphatic carbocycles. The first kappa shape index (κ1) is 20.1. The molecule has 168 valence electrons. The van der Waals surface area contributed by atoms with Crippen molar-refractivity contribution in [3.05, 3.63) is 48.0 Å². The average molecular weight is 463 g/mol. The van der Waals surface area contributed by atoms with Gasteiger partial charge in [0, 0.05) is 43.2 Å². The molecule has 1 unspecified atom stereocenters. The van der Waals surface area contributed by atoms with Crippen molar-refractivity contribution < 1.29 is 14.3 Å². The van der Waals surface area contributed by atoms with E-state index >= 15 is 0 Å². The lowest BCUT2D eigenvalue weighted by Crippen LogP contribution is -2.31. The number of carbonyl (C=O) groups is 1. The molecular formula is C23H22N6O3S. The van der Waals surface area contributed by atoms with Gasteiger partial charge in [-0.15, -0.1) is 0 Å². The highest BCUT2D eigenvalue weighted by Crippen LogP contribution is 2.41. The lowest BCUT2D eigenvalue weighted by molar-refractivity contribution is 0.0680. The van der Waals surface area contributed by atoms with Crippen LogP contribution in [-0.4, -0.2) is 51.1 Å². The second-order valence-corrected chi connectivity index (χ2v) is 8.86. The number of pyridine rings is 2. The molecule has 0 spiro atoms. The summed E-state index contributed by atoms with van der Waals surface area (Å²) in [5.74, 6) is 1.13. The monoisotopic (exact) mass is 462 g/mol. The number of nitrogens with zero attached hydrogens (tertiary/aromatic N) is 3. The molecule has 2 aliphatic rings. The Labute approximate surface area is 193 Å². The van der Waals surface area contributed by atoms with Gasteiger partial charge in [0.25, 0.3) is 5.91 Å². The van der Waals surface area contributed by atoms with Crippen LogP contribution in [0.15, 0.2) is 36.8 Å². The van der Waals surface area contributed by atoms with E-state index < -0.39 is 0 Å². The minimum atomic E-state index is -0.121. The number of carbonyl (C=O) groups excluding carboxylic acids is 1. The lowest BCUT2D eigenvalue weighted by atomic mass is 10.1. The number of H-pyrrole nitrogens is 1. The summed E-state index contributed by atoms with van der Waals surface area (Å²) in [5.41, 5.74) is 4.48. The van der Waals surface area contributed by atoms with Crippen molar-refractivity contribution >= 4 is 39.2 Å². The number of aromatic amines is 1. The Morgan fingerprint density at radius 2 is 2.27 bits per heavy atom. The number of nitrogens with one attached hydrogen (secondary N) is 3. The molecule has 4 aromatic heterocycles. The van der Waals surface area contributed by atoms with Crippen LogP contribution >= 0.6 is 11.5 Å². The Morgan fingerprint density at radius 3 is 3.18 bits per heavy atom. The van der Waals surface area contributed by atoms with E-state index in [1.165, 1.54) is 11.5 Å². The van der Waals surface area contributed by atoms with Crippen LogP contribution in [0.2, 0.25) is 0 Å². The average Bonchev–Trinajstić information content (AvgIpc) is 3.58. The molecule has 33 heavy (non-hydrogen) atoms. The van der Waals surface area contributed by atoms with Gasteiger partial charge in [-0.3, -0.25) is 14.8 Å². The van der Waals surface area contributed by atoms with Gasteiger partial charge in [0.1, 0.15) is 17.9 Å². The Hall–Kier alpha value is -3.50. The quantitative estimate of drug-likeness (QED) is 0.401. The van der Waals surface area contributed by atoms with E-state index in [0.717, 1.165) is 46.6 Å². The van der Waals surface area contributed by atoms with Crippen LogP contribution in [0.25, 0.3) is 21.5 Å². The maximum Gasteiger partial charge on any atom is 0.255 e. The topological polar surface area (TPSA) is 114 Å². The fourth-order valence-electron chi connectivity index (χ4n) is 4.35. The van der Waals surface area contributed by atoms with Gasteiger partial charge in [0.15, 0.2) is 5.82 Å². The summed E-state index contributed by atoms with van der Waals surface area (Å²) in [6.45, 7) is 1.82. The highest BCUT2D eigenvalue weighted by Gasteiger charge is 2.29. The van der Waals surface area contributed by atoms with Crippen molar-refractivity contribution in [1.82, 2.24) is 24.6 Å². The summed E-state index contributed by atoms with van der Waals surface area (Å²) in [4.78, 5) is 25.1. The Bertz CT molecular complexity index is 1330. The summed E-state index contributed by atoms with van der Waals surface area (Å²) >= 11 is 1.37. The maximum atomic E-state index is 12.9. The number of hydrogen-bond acceptors (Lipinski definition) is 8. The van der Waals surface area contributed by atoms with E-state index in [1.54, 1.807) is 18.6 Å². The fourth-order valence-corrected chi connectivity index (χ4v) is 5.04. The van der Waals surface area contributed by atoms with Gasteiger partial charge in [0.2, 0.25) is 0 Å². The number of anilines is 2. The Kier molecular flexibility index (Phi) is 5.16. The van der Waals surface area contributed by atoms with Crippen molar-refractivity contribution in [2.45, 2.75) is 25.4 Å². The summed E-state index contributed by atoms with van der Waals surface area (Å²) < 4.78 is 17.4. The van der Waals surface area contributed by atoms with Gasteiger partial charge in [-0.1, -0.05) is 0 Å². The van der Waals surface area contributed by atoms with Gasteiger partial charge >= 0.3 is 0 Å². The molecule has 0 radical (unpaired) electrons. The van der Waals surface area contributed by atoms with E-state index in [0.29, 0.717) is 42.4 Å². The van der Waals surface area contributed by atoms with Gasteiger partial charge < -0.3 is 25.1 Å². The second kappa shape index (κ2) is 8.45. The smallest absolute Gasteiger partial charge is 0.255 e. The van der Waals surface area contributed by atoms with Crippen LogP contribution < -0.4 is 15.4 Å². The van der Waals surface area contributed by atoms with Crippen molar-refractivity contribution in [2.75, 3.05) is 25.1 Å². The first-order valence-corrected chi connectivity index (χ1v) is 11.7. The standard InChI is InChI=1S/C23H22N6O3S/c30-23-18-15(6-9-26-23)27-19(21(18)28-22-20-17(33-29-22)4-1-7-25-20)14-5-8-24-11-16(14)32-12-13-3-2-10-31-13/h1,4-5,7-8,11,13,27H,2-3,6,9-10,12H2,(H,26,30)(H,28,29). The van der Waals surface area contributed by atoms with Crippen LogP contribution in [0.1, 0.15) is 28.9 Å². The van der Waals surface area contributed by atoms with Crippen molar-refractivity contribution in [1.29, 1.82) is 0 Å². The third-order valence-electron chi connectivity index (χ3n) is 5.94. The highest BCUT2D eigenvalue weighted by atomic mass is 32.1. The van der Waals surface area contributed by atoms with E-state index in [4.69, 9.17) is 9.47 Å². The molecule has 9 nitrogen and oxygen atoms in total. The molecule has 3 N–H and O–H groups in total. The molecule has 0 saturated carbocycles. The van der Waals surface area contributed by atoms with Crippen LogP contribution in [0.5, 0.6) is 5.75 Å². The van der Waals surface area contributed by atoms with Crippen LogP contribution in [0, 0.1) is 0 Å². The fraction of sp³-hybridized carbons (Fsp3) is 0.304. The van der Waals surface area contributed by atoms with E-state index in [2.05, 4.69) is 30.0 Å². The molecule has 10 heteroatoms. The predicted octanol–water partition coefficient (Wildman–Crippen LogP) is 3.67. The number of rotatable bonds is 6. The number of amides is 1. The molecule has 1 amide bonds. The normalized spacial score (nSPS) is 17.7. The van der Waals surface area contributed by atoms with Crippen LogP contribution in [-0.2, 0) is 11.2 Å². The molecule has 0 bridgehead atoms. The molecular weight excluding hydrogens is 440 g/mol. The molecule has 1 atom stereocenters. The molecule has 6 heterocycles. The molecule has 1 saturated heterocycles. The zero-order chi connectivity index (χ0) is 22.2. The number of fused-ring (bicyclic) bond motifs is 2. The predicted molar refractivity (Wildman–Crippen MR) is 125 cm³/mol. The van der Waals surface area contributed by atoms with Gasteiger partial charge in [0.05, 0.1) is 33.9 Å². The zero-order valence-electron chi connectivity index (χ0n) is 17.8. The minimum Gasteiger partial charge on any atom is -0.489 e. The Morgan fingerprint density at radius 1 is 1.30 bits per heavy atom. The van der Waals surface area contributed by atoms with E-state index in [-0.39, 0.29) is 12.0 Å². The minimum absolute atomic E-state index is 0.0886. The zero-order valence-corrected chi connectivity index (χ0v) is 18.6. The van der Waals surface area contributed by atoms with Crippen LogP contribution in [0.3, 0.4) is 0 Å². The van der Waals surface area contributed by atoms with Crippen molar-refractivity contribution in [3.63, 3.8) is 0 Å². The molecule has 4 aromatic rings. The third-order valence-corrected chi connectivity index (χ3v) is 6.74. The Balaban J connectivity index is 1.43. The summed E-state index contributed by atoms with van der Waals surface area (Å²) in [5, 5.41) is 6.35. The SMILES string of the molecule is O=C1NCCc2[nH]c(-c3ccncc3OCC3CCCO3)c(Nc3nsc4cccnc34)c21. The van der Waals surface area contributed by atoms with Crippen LogP contribution in [0.4, 0.5) is 11.5 Å². The molecule has 6 rings (SSSR count). The third kappa shape index (κ3) is 3.70. The largest absolute Gasteiger partial charge is 0.489 e.